The van der Waals surface area contributed by atoms with Gasteiger partial charge in [0.15, 0.2) is 11.6 Å². The maximum Gasteiger partial charge on any atom is 0.416 e. The van der Waals surface area contributed by atoms with Crippen LogP contribution in [0, 0.1) is 11.6 Å². The molecule has 6 heteroatoms. The number of alkyl halides is 3. The number of hydrogen-bond donors (Lipinski definition) is 0. The fourth-order valence-electron chi connectivity index (χ4n) is 1.64. The van der Waals surface area contributed by atoms with Gasteiger partial charge >= 0.3 is 6.18 Å². The minimum absolute atomic E-state index is 0.128. The number of hydrogen-bond acceptors (Lipinski definition) is 0. The van der Waals surface area contributed by atoms with Gasteiger partial charge in [0.25, 0.3) is 0 Å². The minimum atomic E-state index is -4.61. The van der Waals surface area contributed by atoms with Gasteiger partial charge in [-0.1, -0.05) is 23.7 Å². The highest BCUT2D eigenvalue weighted by Crippen LogP contribution is 2.35. The predicted octanol–water partition coefficient (Wildman–Crippen LogP) is 5.30. The van der Waals surface area contributed by atoms with Crippen molar-refractivity contribution in [2.45, 2.75) is 6.18 Å². The Bertz CT molecular complexity index is 619. The Hall–Kier alpha value is -1.62. The van der Waals surface area contributed by atoms with Crippen LogP contribution in [0.5, 0.6) is 0 Å². The Morgan fingerprint density at radius 2 is 1.63 bits per heavy atom. The Morgan fingerprint density at radius 3 is 2.26 bits per heavy atom. The lowest BCUT2D eigenvalue weighted by molar-refractivity contribution is -0.137. The van der Waals surface area contributed by atoms with Crippen molar-refractivity contribution >= 4 is 11.6 Å². The summed E-state index contributed by atoms with van der Waals surface area (Å²) in [6, 6.07) is 5.88. The fraction of sp³-hybridized carbons (Fsp3) is 0.0769. The molecule has 0 bridgehead atoms. The maximum atomic E-state index is 13.5. The first-order valence-electron chi connectivity index (χ1n) is 5.11. The smallest absolute Gasteiger partial charge is 0.204 e. The van der Waals surface area contributed by atoms with Crippen molar-refractivity contribution in [3.63, 3.8) is 0 Å². The van der Waals surface area contributed by atoms with Gasteiger partial charge in [-0.25, -0.2) is 8.78 Å². The van der Waals surface area contributed by atoms with Crippen molar-refractivity contribution in [3.05, 3.63) is 58.6 Å². The van der Waals surface area contributed by atoms with Crippen LogP contribution in [0.2, 0.25) is 5.02 Å². The first-order valence-corrected chi connectivity index (χ1v) is 5.49. The predicted molar refractivity (Wildman–Crippen MR) is 61.8 cm³/mol. The van der Waals surface area contributed by atoms with E-state index in [1.165, 1.54) is 12.1 Å². The third kappa shape index (κ3) is 2.87. The summed E-state index contributed by atoms with van der Waals surface area (Å²) in [5.41, 5.74) is -1.41. The van der Waals surface area contributed by atoms with E-state index in [0.29, 0.717) is 0 Å². The molecule has 0 atom stereocenters. The Labute approximate surface area is 110 Å². The molecule has 100 valence electrons. The summed E-state index contributed by atoms with van der Waals surface area (Å²) in [4.78, 5) is 0. The highest BCUT2D eigenvalue weighted by molar-refractivity contribution is 6.31. The van der Waals surface area contributed by atoms with Gasteiger partial charge in [-0.05, 0) is 29.8 Å². The van der Waals surface area contributed by atoms with Crippen molar-refractivity contribution < 1.29 is 22.0 Å². The van der Waals surface area contributed by atoms with Crippen molar-refractivity contribution in [1.82, 2.24) is 0 Å². The van der Waals surface area contributed by atoms with E-state index in [1.54, 1.807) is 0 Å². The van der Waals surface area contributed by atoms with Crippen LogP contribution < -0.4 is 0 Å². The summed E-state index contributed by atoms with van der Waals surface area (Å²) in [6.07, 6.45) is -4.61. The zero-order valence-electron chi connectivity index (χ0n) is 9.23. The lowest BCUT2D eigenvalue weighted by Crippen LogP contribution is -2.05. The first-order chi connectivity index (χ1) is 8.79. The molecule has 0 nitrogen and oxygen atoms in total. The second kappa shape index (κ2) is 4.81. The lowest BCUT2D eigenvalue weighted by atomic mass is 10.0. The molecule has 0 aliphatic carbocycles. The van der Waals surface area contributed by atoms with Gasteiger partial charge < -0.3 is 0 Å². The largest absolute Gasteiger partial charge is 0.416 e. The van der Waals surface area contributed by atoms with E-state index in [2.05, 4.69) is 0 Å². The van der Waals surface area contributed by atoms with Crippen LogP contribution in [0.15, 0.2) is 36.4 Å². The summed E-state index contributed by atoms with van der Waals surface area (Å²) in [6.45, 7) is 0. The van der Waals surface area contributed by atoms with E-state index in [4.69, 9.17) is 11.6 Å². The van der Waals surface area contributed by atoms with Gasteiger partial charge in [0.05, 0.1) is 5.56 Å². The normalized spacial score (nSPS) is 11.7. The zero-order chi connectivity index (χ0) is 14.2. The van der Waals surface area contributed by atoms with Gasteiger partial charge in [0.1, 0.15) is 0 Å². The highest BCUT2D eigenvalue weighted by Gasteiger charge is 2.31. The third-order valence-corrected chi connectivity index (χ3v) is 2.71. The molecule has 0 aliphatic rings. The van der Waals surface area contributed by atoms with E-state index in [1.807, 2.05) is 0 Å². The number of benzene rings is 2. The Balaban J connectivity index is 2.63. The molecule has 0 saturated heterocycles. The van der Waals surface area contributed by atoms with E-state index >= 15 is 0 Å². The lowest BCUT2D eigenvalue weighted by Gasteiger charge is -2.10. The molecule has 2 aromatic carbocycles. The molecular formula is C13H6ClF5. The summed E-state index contributed by atoms with van der Waals surface area (Å²) >= 11 is 5.58. The topological polar surface area (TPSA) is 0 Å². The standard InChI is InChI=1S/C13H6ClF5/c14-9-5-7(4-8(6-9)13(17,18)19)10-2-1-3-11(15)12(10)16/h1-6H. The van der Waals surface area contributed by atoms with Crippen LogP contribution in [-0.4, -0.2) is 0 Å². The quantitative estimate of drug-likeness (QED) is 0.625. The van der Waals surface area contributed by atoms with Crippen molar-refractivity contribution in [2.75, 3.05) is 0 Å². The van der Waals surface area contributed by atoms with Crippen LogP contribution in [0.3, 0.4) is 0 Å². The van der Waals surface area contributed by atoms with E-state index in [0.717, 1.165) is 24.3 Å². The second-order valence-corrected chi connectivity index (χ2v) is 4.26. The van der Waals surface area contributed by atoms with Gasteiger partial charge in [0, 0.05) is 10.6 Å². The van der Waals surface area contributed by atoms with Gasteiger partial charge in [-0.3, -0.25) is 0 Å². The van der Waals surface area contributed by atoms with Crippen LogP contribution in [0.4, 0.5) is 22.0 Å². The Morgan fingerprint density at radius 1 is 0.947 bits per heavy atom. The van der Waals surface area contributed by atoms with Crippen molar-refractivity contribution in [2.24, 2.45) is 0 Å². The van der Waals surface area contributed by atoms with Crippen LogP contribution >= 0.6 is 11.6 Å². The van der Waals surface area contributed by atoms with Crippen LogP contribution in [0.1, 0.15) is 5.56 Å². The number of rotatable bonds is 1. The summed E-state index contributed by atoms with van der Waals surface area (Å²) in [7, 11) is 0. The second-order valence-electron chi connectivity index (χ2n) is 3.83. The molecule has 0 fully saturated rings. The van der Waals surface area contributed by atoms with E-state index in [-0.39, 0.29) is 16.1 Å². The monoisotopic (exact) mass is 292 g/mol. The molecule has 0 aliphatic heterocycles. The molecule has 0 spiro atoms. The van der Waals surface area contributed by atoms with Crippen LogP contribution in [-0.2, 0) is 6.18 Å². The summed E-state index contributed by atoms with van der Waals surface area (Å²) < 4.78 is 64.5. The van der Waals surface area contributed by atoms with Gasteiger partial charge in [0.2, 0.25) is 0 Å². The van der Waals surface area contributed by atoms with Crippen molar-refractivity contribution in [3.8, 4) is 11.1 Å². The SMILES string of the molecule is Fc1cccc(-c2cc(Cl)cc(C(F)(F)F)c2)c1F. The molecule has 0 aromatic heterocycles. The van der Waals surface area contributed by atoms with E-state index < -0.39 is 23.4 Å². The third-order valence-electron chi connectivity index (χ3n) is 2.49. The van der Waals surface area contributed by atoms with Crippen molar-refractivity contribution in [1.29, 1.82) is 0 Å². The molecule has 0 radical (unpaired) electrons. The van der Waals surface area contributed by atoms with E-state index in [9.17, 15) is 22.0 Å². The summed E-state index contributed by atoms with van der Waals surface area (Å²) in [5, 5.41) is -0.200. The van der Waals surface area contributed by atoms with Gasteiger partial charge in [-0.2, -0.15) is 13.2 Å². The molecule has 19 heavy (non-hydrogen) atoms. The molecule has 2 aromatic rings. The molecule has 0 amide bonds. The maximum absolute atomic E-state index is 13.5. The molecule has 0 saturated carbocycles. The average molecular weight is 293 g/mol. The molecule has 0 N–H and O–H groups in total. The molecule has 0 heterocycles. The Kier molecular flexibility index (Phi) is 3.49. The summed E-state index contributed by atoms with van der Waals surface area (Å²) in [5.74, 6) is -2.34. The van der Waals surface area contributed by atoms with Crippen LogP contribution in [0.25, 0.3) is 11.1 Å². The molecule has 2 rings (SSSR count). The molecular weight excluding hydrogens is 287 g/mol. The first kappa shape index (κ1) is 13.8. The minimum Gasteiger partial charge on any atom is -0.204 e. The zero-order valence-corrected chi connectivity index (χ0v) is 9.99. The highest BCUT2D eigenvalue weighted by atomic mass is 35.5. The average Bonchev–Trinajstić information content (AvgIpc) is 2.31. The molecule has 0 unspecified atom stereocenters. The number of halogens is 6. The van der Waals surface area contributed by atoms with Gasteiger partial charge in [-0.15, -0.1) is 0 Å². The fourth-order valence-corrected chi connectivity index (χ4v) is 1.87.